The van der Waals surface area contributed by atoms with Crippen LogP contribution in [0, 0.1) is 10.1 Å². The van der Waals surface area contributed by atoms with Gasteiger partial charge in [-0.1, -0.05) is 0 Å². The molecule has 9 nitrogen and oxygen atoms in total. The first-order valence-electron chi connectivity index (χ1n) is 8.57. The lowest BCUT2D eigenvalue weighted by atomic mass is 10.1. The number of methoxy groups -OCH3 is 2. The summed E-state index contributed by atoms with van der Waals surface area (Å²) in [4.78, 5) is 34.3. The van der Waals surface area contributed by atoms with Gasteiger partial charge in [0.15, 0.2) is 17.6 Å². The van der Waals surface area contributed by atoms with Crippen molar-refractivity contribution in [1.29, 1.82) is 0 Å². The number of hydrogen-bond donors (Lipinski definition) is 1. The van der Waals surface area contributed by atoms with E-state index in [1.54, 1.807) is 0 Å². The van der Waals surface area contributed by atoms with Gasteiger partial charge in [-0.15, -0.1) is 0 Å². The number of anilines is 1. The van der Waals surface area contributed by atoms with Crippen LogP contribution in [-0.4, -0.2) is 37.1 Å². The molecule has 0 spiro atoms. The number of nitro benzene ring substituents is 1. The number of alkyl halides is 3. The number of esters is 1. The molecular formula is C19H17F3N2O7. The lowest BCUT2D eigenvalue weighted by Gasteiger charge is -2.17. The van der Waals surface area contributed by atoms with Gasteiger partial charge in [0.1, 0.15) is 0 Å². The van der Waals surface area contributed by atoms with E-state index in [0.717, 1.165) is 19.1 Å². The third-order valence-electron chi connectivity index (χ3n) is 4.05. The van der Waals surface area contributed by atoms with Gasteiger partial charge in [0.25, 0.3) is 11.6 Å². The van der Waals surface area contributed by atoms with E-state index in [-0.39, 0.29) is 11.3 Å². The normalized spacial score (nSPS) is 11.9. The Kier molecular flexibility index (Phi) is 7.05. The van der Waals surface area contributed by atoms with E-state index in [9.17, 15) is 32.9 Å². The van der Waals surface area contributed by atoms with Crippen molar-refractivity contribution in [1.82, 2.24) is 0 Å². The highest BCUT2D eigenvalue weighted by Gasteiger charge is 2.36. The van der Waals surface area contributed by atoms with Crippen molar-refractivity contribution in [2.75, 3.05) is 19.5 Å². The largest absolute Gasteiger partial charge is 0.493 e. The van der Waals surface area contributed by atoms with Gasteiger partial charge in [0.2, 0.25) is 0 Å². The molecule has 2 rings (SSSR count). The second-order valence-electron chi connectivity index (χ2n) is 6.09. The second kappa shape index (κ2) is 9.32. The topological polar surface area (TPSA) is 117 Å². The molecule has 1 amide bonds. The van der Waals surface area contributed by atoms with Crippen LogP contribution in [0.4, 0.5) is 24.5 Å². The summed E-state index contributed by atoms with van der Waals surface area (Å²) in [6, 6.07) is 5.96. The average molecular weight is 442 g/mol. The van der Waals surface area contributed by atoms with Gasteiger partial charge in [0, 0.05) is 12.1 Å². The van der Waals surface area contributed by atoms with Crippen molar-refractivity contribution in [2.45, 2.75) is 19.2 Å². The number of nitrogens with zero attached hydrogens (tertiary/aromatic N) is 1. The highest BCUT2D eigenvalue weighted by molar-refractivity contribution is 5.98. The predicted molar refractivity (Wildman–Crippen MR) is 101 cm³/mol. The van der Waals surface area contributed by atoms with E-state index in [4.69, 9.17) is 14.2 Å². The monoisotopic (exact) mass is 442 g/mol. The molecule has 0 aliphatic carbocycles. The minimum Gasteiger partial charge on any atom is -0.493 e. The number of nitrogens with one attached hydrogen (secondary N) is 1. The molecule has 1 atom stereocenters. The van der Waals surface area contributed by atoms with Crippen molar-refractivity contribution in [3.63, 3.8) is 0 Å². The molecule has 0 heterocycles. The van der Waals surface area contributed by atoms with Crippen molar-refractivity contribution in [3.05, 3.63) is 57.6 Å². The lowest BCUT2D eigenvalue weighted by Crippen LogP contribution is -2.30. The first kappa shape index (κ1) is 23.4. The maximum absolute atomic E-state index is 13.2. The molecule has 0 fully saturated rings. The summed E-state index contributed by atoms with van der Waals surface area (Å²) in [5.74, 6) is -1.41. The molecule has 2 aromatic rings. The number of nitro groups is 1. The van der Waals surface area contributed by atoms with E-state index in [1.165, 1.54) is 32.4 Å². The number of halogens is 3. The van der Waals surface area contributed by atoms with Crippen LogP contribution in [0.3, 0.4) is 0 Å². The molecule has 0 aliphatic rings. The Morgan fingerprint density at radius 3 is 2.26 bits per heavy atom. The Hall–Kier alpha value is -3.83. The van der Waals surface area contributed by atoms with Gasteiger partial charge in [-0.2, -0.15) is 13.2 Å². The van der Waals surface area contributed by atoms with Gasteiger partial charge < -0.3 is 19.5 Å². The Morgan fingerprint density at radius 1 is 1.06 bits per heavy atom. The zero-order valence-electron chi connectivity index (χ0n) is 16.5. The van der Waals surface area contributed by atoms with Crippen LogP contribution >= 0.6 is 0 Å². The Morgan fingerprint density at radius 2 is 1.71 bits per heavy atom. The Bertz CT molecular complexity index is 1010. The second-order valence-corrected chi connectivity index (χ2v) is 6.09. The summed E-state index contributed by atoms with van der Waals surface area (Å²) in [6.45, 7) is 1.16. The number of rotatable bonds is 7. The summed E-state index contributed by atoms with van der Waals surface area (Å²) in [5, 5.41) is 12.7. The quantitative estimate of drug-likeness (QED) is 0.394. The van der Waals surface area contributed by atoms with Crippen LogP contribution in [0.25, 0.3) is 0 Å². The summed E-state index contributed by atoms with van der Waals surface area (Å²) in [5.41, 5.74) is -2.90. The zero-order chi connectivity index (χ0) is 23.3. The molecule has 1 unspecified atom stereocenters. The fraction of sp³-hybridized carbons (Fsp3) is 0.263. The predicted octanol–water partition coefficient (Wildman–Crippen LogP) is 3.81. The van der Waals surface area contributed by atoms with Gasteiger partial charge >= 0.3 is 12.1 Å². The minimum atomic E-state index is -4.96. The number of non-ortho nitro benzene ring substituents is 1. The van der Waals surface area contributed by atoms with Gasteiger partial charge in [-0.25, -0.2) is 4.79 Å². The first-order valence-corrected chi connectivity index (χ1v) is 8.57. The van der Waals surface area contributed by atoms with Crippen LogP contribution in [0.15, 0.2) is 36.4 Å². The molecule has 0 bridgehead atoms. The van der Waals surface area contributed by atoms with Gasteiger partial charge in [-0.3, -0.25) is 14.9 Å². The highest BCUT2D eigenvalue weighted by atomic mass is 19.4. The zero-order valence-corrected chi connectivity index (χ0v) is 16.5. The van der Waals surface area contributed by atoms with Crippen molar-refractivity contribution >= 4 is 23.3 Å². The van der Waals surface area contributed by atoms with Gasteiger partial charge in [-0.05, 0) is 31.2 Å². The standard InChI is InChI=1S/C19H17F3N2O7/c1-10(31-18(26)11-4-7-15(29-2)16(8-11)30-3)17(25)23-14-6-5-12(24(27)28)9-13(14)19(20,21)22/h4-10H,1-3H3,(H,23,25). The number of benzene rings is 2. The number of carbonyl (C=O) groups excluding carboxylic acids is 2. The molecule has 0 radical (unpaired) electrons. The van der Waals surface area contributed by atoms with Crippen molar-refractivity contribution < 1.29 is 41.9 Å². The van der Waals surface area contributed by atoms with E-state index in [1.807, 2.05) is 5.32 Å². The van der Waals surface area contributed by atoms with Gasteiger partial charge in [0.05, 0.1) is 36.0 Å². The summed E-state index contributed by atoms with van der Waals surface area (Å²) in [7, 11) is 2.75. The van der Waals surface area contributed by atoms with Crippen LogP contribution < -0.4 is 14.8 Å². The highest BCUT2D eigenvalue weighted by Crippen LogP contribution is 2.37. The SMILES string of the molecule is COc1ccc(C(=O)OC(C)C(=O)Nc2ccc([N+](=O)[O-])cc2C(F)(F)F)cc1OC. The molecule has 2 aromatic carbocycles. The number of amides is 1. The van der Waals surface area contributed by atoms with Crippen molar-refractivity contribution in [3.8, 4) is 11.5 Å². The smallest absolute Gasteiger partial charge is 0.418 e. The Labute approximate surface area is 173 Å². The average Bonchev–Trinajstić information content (AvgIpc) is 2.72. The first-order chi connectivity index (χ1) is 14.5. The molecule has 166 valence electrons. The Balaban J connectivity index is 2.18. The number of hydrogen-bond acceptors (Lipinski definition) is 7. The van der Waals surface area contributed by atoms with E-state index in [2.05, 4.69) is 0 Å². The minimum absolute atomic E-state index is 0.0172. The number of ether oxygens (including phenoxy) is 3. The third kappa shape index (κ3) is 5.62. The fourth-order valence-corrected chi connectivity index (χ4v) is 2.47. The molecule has 0 aromatic heterocycles. The van der Waals surface area contributed by atoms with Crippen LogP contribution in [-0.2, 0) is 15.7 Å². The summed E-state index contributed by atoms with van der Waals surface area (Å²) >= 11 is 0. The van der Waals surface area contributed by atoms with Crippen molar-refractivity contribution in [2.24, 2.45) is 0 Å². The molecule has 31 heavy (non-hydrogen) atoms. The molecule has 0 saturated heterocycles. The summed E-state index contributed by atoms with van der Waals surface area (Å²) in [6.07, 6.45) is -6.44. The van der Waals surface area contributed by atoms with Crippen LogP contribution in [0.1, 0.15) is 22.8 Å². The molecule has 0 saturated carbocycles. The number of carbonyl (C=O) groups is 2. The third-order valence-corrected chi connectivity index (χ3v) is 4.05. The van der Waals surface area contributed by atoms with E-state index >= 15 is 0 Å². The summed E-state index contributed by atoms with van der Waals surface area (Å²) < 4.78 is 54.8. The van der Waals surface area contributed by atoms with Crippen LogP contribution in [0.5, 0.6) is 11.5 Å². The lowest BCUT2D eigenvalue weighted by molar-refractivity contribution is -0.385. The molecular weight excluding hydrogens is 425 g/mol. The van der Waals surface area contributed by atoms with Crippen LogP contribution in [0.2, 0.25) is 0 Å². The maximum atomic E-state index is 13.2. The van der Waals surface area contributed by atoms with E-state index < -0.39 is 46.0 Å². The van der Waals surface area contributed by atoms with E-state index in [0.29, 0.717) is 11.8 Å². The molecule has 1 N–H and O–H groups in total. The molecule has 12 heteroatoms. The fourth-order valence-electron chi connectivity index (χ4n) is 2.47. The maximum Gasteiger partial charge on any atom is 0.418 e. The molecule has 0 aliphatic heterocycles.